The van der Waals surface area contributed by atoms with E-state index in [0.717, 1.165) is 10.5 Å². The first kappa shape index (κ1) is 28.4. The number of hydrogen-bond donors (Lipinski definition) is 1. The number of carbonyl (C=O) groups is 2. The molecule has 1 atom stereocenters. The van der Waals surface area contributed by atoms with Crippen molar-refractivity contribution in [1.29, 1.82) is 0 Å². The van der Waals surface area contributed by atoms with Crippen LogP contribution in [0.25, 0.3) is 0 Å². The highest BCUT2D eigenvalue weighted by molar-refractivity contribution is 8.00. The van der Waals surface area contributed by atoms with E-state index in [9.17, 15) is 9.59 Å². The lowest BCUT2D eigenvalue weighted by Crippen LogP contribution is -2.51. The van der Waals surface area contributed by atoms with Gasteiger partial charge in [-0.05, 0) is 47.9 Å². The second-order valence-electron chi connectivity index (χ2n) is 8.81. The fourth-order valence-corrected chi connectivity index (χ4v) is 5.02. The predicted molar refractivity (Wildman–Crippen MR) is 151 cm³/mol. The van der Waals surface area contributed by atoms with E-state index in [1.807, 2.05) is 56.3 Å². The lowest BCUT2D eigenvalue weighted by molar-refractivity contribution is -0.139. The molecule has 0 heterocycles. The summed E-state index contributed by atoms with van der Waals surface area (Å²) in [6, 6.07) is 21.5. The van der Waals surface area contributed by atoms with E-state index in [1.54, 1.807) is 35.2 Å². The third-order valence-corrected chi connectivity index (χ3v) is 7.48. The standard InChI is InChI=1S/C28H29Cl3N2O2S/c1-19(2)16-32-28(35)26(15-20-7-4-3-5-8-20)33(17-23-24(30)9-6-10-25(23)31)27(34)18-36-22-13-11-21(29)12-14-22/h3-14,19,26H,15-18H2,1-2H3,(H,32,35)/t26-/m0/s1. The first-order valence-corrected chi connectivity index (χ1v) is 13.8. The van der Waals surface area contributed by atoms with Gasteiger partial charge in [0, 0.05) is 45.0 Å². The first-order chi connectivity index (χ1) is 17.2. The summed E-state index contributed by atoms with van der Waals surface area (Å²) in [5, 5.41) is 4.54. The van der Waals surface area contributed by atoms with Gasteiger partial charge in [0.05, 0.1) is 5.75 Å². The van der Waals surface area contributed by atoms with Crippen molar-refractivity contribution in [2.24, 2.45) is 5.92 Å². The highest BCUT2D eigenvalue weighted by Gasteiger charge is 2.31. The molecule has 0 aliphatic heterocycles. The number of benzene rings is 3. The maximum absolute atomic E-state index is 13.7. The van der Waals surface area contributed by atoms with Gasteiger partial charge in [0.25, 0.3) is 0 Å². The summed E-state index contributed by atoms with van der Waals surface area (Å²) in [5.74, 6) is 0.0213. The highest BCUT2D eigenvalue weighted by atomic mass is 35.5. The maximum Gasteiger partial charge on any atom is 0.243 e. The zero-order valence-corrected chi connectivity index (χ0v) is 23.3. The minimum absolute atomic E-state index is 0.116. The van der Waals surface area contributed by atoms with Crippen LogP contribution in [0.4, 0.5) is 0 Å². The fraction of sp³-hybridized carbons (Fsp3) is 0.286. The summed E-state index contributed by atoms with van der Waals surface area (Å²) in [5.41, 5.74) is 1.57. The molecule has 0 bridgehead atoms. The molecule has 0 fully saturated rings. The van der Waals surface area contributed by atoms with Crippen molar-refractivity contribution in [3.63, 3.8) is 0 Å². The van der Waals surface area contributed by atoms with Gasteiger partial charge in [-0.15, -0.1) is 11.8 Å². The second kappa shape index (κ2) is 13.9. The number of rotatable bonds is 11. The van der Waals surface area contributed by atoms with Gasteiger partial charge in [0.1, 0.15) is 6.04 Å². The topological polar surface area (TPSA) is 49.4 Å². The molecule has 0 saturated carbocycles. The van der Waals surface area contributed by atoms with Crippen LogP contribution in [-0.2, 0) is 22.6 Å². The first-order valence-electron chi connectivity index (χ1n) is 11.7. The van der Waals surface area contributed by atoms with E-state index in [-0.39, 0.29) is 30.0 Å². The number of thioether (sulfide) groups is 1. The molecule has 0 radical (unpaired) electrons. The Morgan fingerprint density at radius 2 is 1.53 bits per heavy atom. The van der Waals surface area contributed by atoms with Crippen molar-refractivity contribution in [3.8, 4) is 0 Å². The number of hydrogen-bond acceptors (Lipinski definition) is 3. The predicted octanol–water partition coefficient (Wildman–Crippen LogP) is 7.15. The molecule has 3 rings (SSSR count). The van der Waals surface area contributed by atoms with E-state index >= 15 is 0 Å². The van der Waals surface area contributed by atoms with Crippen LogP contribution in [0.2, 0.25) is 15.1 Å². The van der Waals surface area contributed by atoms with Gasteiger partial charge in [0.2, 0.25) is 11.8 Å². The van der Waals surface area contributed by atoms with Crippen LogP contribution in [0, 0.1) is 5.92 Å². The van der Waals surface area contributed by atoms with Gasteiger partial charge in [-0.1, -0.05) is 85.0 Å². The second-order valence-corrected chi connectivity index (χ2v) is 11.1. The van der Waals surface area contributed by atoms with Gasteiger partial charge in [-0.2, -0.15) is 0 Å². The van der Waals surface area contributed by atoms with Crippen molar-refractivity contribution in [2.75, 3.05) is 12.3 Å². The molecule has 36 heavy (non-hydrogen) atoms. The Hall–Kier alpha value is -2.18. The fourth-order valence-electron chi connectivity index (χ4n) is 3.59. The van der Waals surface area contributed by atoms with Crippen LogP contribution in [0.5, 0.6) is 0 Å². The van der Waals surface area contributed by atoms with E-state index in [4.69, 9.17) is 34.8 Å². The molecule has 3 aromatic carbocycles. The van der Waals surface area contributed by atoms with Gasteiger partial charge >= 0.3 is 0 Å². The molecular formula is C28H29Cl3N2O2S. The molecule has 0 unspecified atom stereocenters. The largest absolute Gasteiger partial charge is 0.354 e. The van der Waals surface area contributed by atoms with Gasteiger partial charge < -0.3 is 10.2 Å². The SMILES string of the molecule is CC(C)CNC(=O)[C@H](Cc1ccccc1)N(Cc1c(Cl)cccc1Cl)C(=O)CSc1ccc(Cl)cc1. The Kier molecular flexibility index (Phi) is 11.0. The minimum atomic E-state index is -0.739. The summed E-state index contributed by atoms with van der Waals surface area (Å²) < 4.78 is 0. The van der Waals surface area contributed by atoms with E-state index in [0.29, 0.717) is 33.6 Å². The number of nitrogens with zero attached hydrogens (tertiary/aromatic N) is 1. The minimum Gasteiger partial charge on any atom is -0.354 e. The molecule has 0 aliphatic rings. The summed E-state index contributed by atoms with van der Waals surface area (Å²) in [6.07, 6.45) is 0.365. The third-order valence-electron chi connectivity index (χ3n) is 5.52. The monoisotopic (exact) mass is 562 g/mol. The quantitative estimate of drug-likeness (QED) is 0.252. The van der Waals surface area contributed by atoms with Crippen LogP contribution in [-0.4, -0.2) is 35.1 Å². The van der Waals surface area contributed by atoms with E-state index < -0.39 is 6.04 Å². The molecule has 0 aliphatic carbocycles. The Morgan fingerprint density at radius 1 is 0.889 bits per heavy atom. The smallest absolute Gasteiger partial charge is 0.243 e. The van der Waals surface area contributed by atoms with Gasteiger partial charge in [0.15, 0.2) is 0 Å². The summed E-state index contributed by atoms with van der Waals surface area (Å²) in [6.45, 7) is 4.69. The summed E-state index contributed by atoms with van der Waals surface area (Å²) >= 11 is 20.3. The zero-order valence-electron chi connectivity index (χ0n) is 20.2. The van der Waals surface area contributed by atoms with Crippen molar-refractivity contribution in [1.82, 2.24) is 10.2 Å². The van der Waals surface area contributed by atoms with Crippen LogP contribution in [0.1, 0.15) is 25.0 Å². The molecule has 0 saturated heterocycles. The van der Waals surface area contributed by atoms with Crippen molar-refractivity contribution in [2.45, 2.75) is 37.8 Å². The van der Waals surface area contributed by atoms with Crippen LogP contribution in [0.15, 0.2) is 77.7 Å². The van der Waals surface area contributed by atoms with E-state index in [2.05, 4.69) is 5.32 Å². The highest BCUT2D eigenvalue weighted by Crippen LogP contribution is 2.28. The molecule has 190 valence electrons. The Morgan fingerprint density at radius 3 is 2.14 bits per heavy atom. The summed E-state index contributed by atoms with van der Waals surface area (Å²) in [7, 11) is 0. The number of halogens is 3. The number of amides is 2. The third kappa shape index (κ3) is 8.45. The molecule has 0 aromatic heterocycles. The molecule has 2 amide bonds. The molecule has 1 N–H and O–H groups in total. The van der Waals surface area contributed by atoms with Crippen LogP contribution in [0.3, 0.4) is 0 Å². The summed E-state index contributed by atoms with van der Waals surface area (Å²) in [4.78, 5) is 29.7. The molecule has 0 spiro atoms. The normalized spacial score (nSPS) is 11.8. The van der Waals surface area contributed by atoms with Crippen LogP contribution >= 0.6 is 46.6 Å². The Bertz CT molecular complexity index is 1140. The molecule has 3 aromatic rings. The molecule has 8 heteroatoms. The van der Waals surface area contributed by atoms with Crippen molar-refractivity contribution in [3.05, 3.63) is 99.0 Å². The lowest BCUT2D eigenvalue weighted by atomic mass is 10.0. The average Bonchev–Trinajstić information content (AvgIpc) is 2.86. The zero-order chi connectivity index (χ0) is 26.1. The number of carbonyl (C=O) groups excluding carboxylic acids is 2. The molecule has 4 nitrogen and oxygen atoms in total. The lowest BCUT2D eigenvalue weighted by Gasteiger charge is -2.32. The van der Waals surface area contributed by atoms with Crippen molar-refractivity contribution >= 4 is 58.4 Å². The van der Waals surface area contributed by atoms with E-state index in [1.165, 1.54) is 11.8 Å². The van der Waals surface area contributed by atoms with Crippen molar-refractivity contribution < 1.29 is 9.59 Å². The Labute approximate surface area is 232 Å². The molecular weight excluding hydrogens is 535 g/mol. The van der Waals surface area contributed by atoms with Gasteiger partial charge in [-0.3, -0.25) is 9.59 Å². The Balaban J connectivity index is 1.94. The number of nitrogens with one attached hydrogen (secondary N) is 1. The van der Waals surface area contributed by atoms with Gasteiger partial charge in [-0.25, -0.2) is 0 Å². The maximum atomic E-state index is 13.7. The van der Waals surface area contributed by atoms with Crippen LogP contribution < -0.4 is 5.32 Å². The average molecular weight is 564 g/mol.